The van der Waals surface area contributed by atoms with E-state index >= 15 is 0 Å². The van der Waals surface area contributed by atoms with Gasteiger partial charge in [-0.2, -0.15) is 0 Å². The third kappa shape index (κ3) is 4.49. The van der Waals surface area contributed by atoms with Crippen molar-refractivity contribution in [1.82, 2.24) is 5.32 Å². The topological polar surface area (TPSA) is 52.5 Å². The van der Waals surface area contributed by atoms with Crippen LogP contribution in [0.3, 0.4) is 0 Å². The summed E-state index contributed by atoms with van der Waals surface area (Å²) in [5.74, 6) is 0. The molecule has 1 rings (SSSR count). The van der Waals surface area contributed by atoms with Crippen LogP contribution in [0.4, 0.5) is 0 Å². The summed E-state index contributed by atoms with van der Waals surface area (Å²) in [4.78, 5) is 0. The highest BCUT2D eigenvalue weighted by molar-refractivity contribution is 6.31. The number of nitrogens with one attached hydrogen (secondary N) is 1. The van der Waals surface area contributed by atoms with E-state index in [4.69, 9.17) is 16.7 Å². The summed E-state index contributed by atoms with van der Waals surface area (Å²) in [6.07, 6.45) is 1.11. The van der Waals surface area contributed by atoms with Gasteiger partial charge in [-0.3, -0.25) is 0 Å². The smallest absolute Gasteiger partial charge is 0.0928 e. The first-order valence-corrected chi connectivity index (χ1v) is 5.87. The maximum atomic E-state index is 9.86. The van der Waals surface area contributed by atoms with Crippen LogP contribution in [0.15, 0.2) is 24.3 Å². The van der Waals surface area contributed by atoms with Crippen molar-refractivity contribution in [3.63, 3.8) is 0 Å². The van der Waals surface area contributed by atoms with Gasteiger partial charge in [0.05, 0.1) is 6.10 Å². The molecule has 1 atom stereocenters. The van der Waals surface area contributed by atoms with E-state index in [0.29, 0.717) is 11.6 Å². The van der Waals surface area contributed by atoms with Crippen molar-refractivity contribution in [2.75, 3.05) is 19.7 Å². The molecule has 0 heterocycles. The molecule has 1 aromatic carbocycles. The molecule has 0 saturated heterocycles. The molecule has 4 heteroatoms. The Balaban J connectivity index is 2.30. The number of hydrogen-bond acceptors (Lipinski definition) is 3. The summed E-state index contributed by atoms with van der Waals surface area (Å²) >= 11 is 5.96. The van der Waals surface area contributed by atoms with Crippen molar-refractivity contribution < 1.29 is 10.2 Å². The zero-order valence-corrected chi connectivity index (χ0v) is 9.95. The number of halogens is 1. The van der Waals surface area contributed by atoms with Crippen LogP contribution in [0.1, 0.15) is 24.5 Å². The van der Waals surface area contributed by atoms with Gasteiger partial charge in [0.15, 0.2) is 0 Å². The number of unbranched alkanes of at least 4 members (excludes halogenated alkanes) is 1. The van der Waals surface area contributed by atoms with Crippen molar-refractivity contribution in [1.29, 1.82) is 0 Å². The van der Waals surface area contributed by atoms with Crippen LogP contribution in [-0.4, -0.2) is 29.9 Å². The van der Waals surface area contributed by atoms with Crippen LogP contribution in [0.5, 0.6) is 0 Å². The van der Waals surface area contributed by atoms with Crippen LogP contribution >= 0.6 is 11.6 Å². The molecule has 0 aliphatic rings. The van der Waals surface area contributed by atoms with E-state index in [2.05, 4.69) is 5.32 Å². The van der Waals surface area contributed by atoms with Crippen LogP contribution in [0, 0.1) is 0 Å². The van der Waals surface area contributed by atoms with Gasteiger partial charge < -0.3 is 15.5 Å². The Labute approximate surface area is 101 Å². The molecule has 1 unspecified atom stereocenters. The van der Waals surface area contributed by atoms with Crippen LogP contribution in [0.25, 0.3) is 0 Å². The first-order valence-electron chi connectivity index (χ1n) is 5.49. The molecule has 0 saturated carbocycles. The Morgan fingerprint density at radius 1 is 1.25 bits per heavy atom. The second-order valence-corrected chi connectivity index (χ2v) is 4.08. The number of hydrogen-bond donors (Lipinski definition) is 3. The van der Waals surface area contributed by atoms with E-state index in [9.17, 15) is 5.11 Å². The van der Waals surface area contributed by atoms with Gasteiger partial charge in [0.25, 0.3) is 0 Å². The molecular formula is C12H18ClNO2. The molecule has 16 heavy (non-hydrogen) atoms. The first-order chi connectivity index (χ1) is 7.75. The zero-order chi connectivity index (χ0) is 11.8. The minimum absolute atomic E-state index is 0.217. The third-order valence-electron chi connectivity index (χ3n) is 2.36. The lowest BCUT2D eigenvalue weighted by Crippen LogP contribution is -2.22. The summed E-state index contributed by atoms with van der Waals surface area (Å²) < 4.78 is 0. The average Bonchev–Trinajstić information content (AvgIpc) is 2.29. The Morgan fingerprint density at radius 3 is 2.69 bits per heavy atom. The largest absolute Gasteiger partial charge is 0.396 e. The molecule has 3 N–H and O–H groups in total. The van der Waals surface area contributed by atoms with E-state index in [1.807, 2.05) is 18.2 Å². The van der Waals surface area contributed by atoms with Gasteiger partial charge in [-0.25, -0.2) is 0 Å². The second-order valence-electron chi connectivity index (χ2n) is 3.67. The molecule has 0 amide bonds. The standard InChI is InChI=1S/C12H18ClNO2/c13-11-6-2-1-5-10(11)12(16)9-14-7-3-4-8-15/h1-2,5-6,12,14-16H,3-4,7-9H2. The predicted molar refractivity (Wildman–Crippen MR) is 65.6 cm³/mol. The maximum Gasteiger partial charge on any atom is 0.0928 e. The molecule has 0 aliphatic carbocycles. The lowest BCUT2D eigenvalue weighted by Gasteiger charge is -2.13. The molecule has 1 aromatic rings. The highest BCUT2D eigenvalue weighted by Gasteiger charge is 2.09. The van der Waals surface area contributed by atoms with Gasteiger partial charge in [0, 0.05) is 23.7 Å². The quantitative estimate of drug-likeness (QED) is 0.640. The highest BCUT2D eigenvalue weighted by atomic mass is 35.5. The number of rotatable bonds is 7. The highest BCUT2D eigenvalue weighted by Crippen LogP contribution is 2.21. The monoisotopic (exact) mass is 243 g/mol. The Bertz CT molecular complexity index is 307. The second kappa shape index (κ2) is 7.63. The molecule has 0 bridgehead atoms. The molecule has 0 radical (unpaired) electrons. The predicted octanol–water partition coefficient (Wildman–Crippen LogP) is 1.74. The molecule has 0 aliphatic heterocycles. The molecule has 0 aromatic heterocycles. The third-order valence-corrected chi connectivity index (χ3v) is 2.71. The fourth-order valence-electron chi connectivity index (χ4n) is 1.46. The number of aliphatic hydroxyl groups is 2. The number of benzene rings is 1. The van der Waals surface area contributed by atoms with Crippen molar-refractivity contribution in [2.45, 2.75) is 18.9 Å². The zero-order valence-electron chi connectivity index (χ0n) is 9.19. The number of aliphatic hydroxyl groups excluding tert-OH is 2. The summed E-state index contributed by atoms with van der Waals surface area (Å²) in [5.41, 5.74) is 0.749. The summed E-state index contributed by atoms with van der Waals surface area (Å²) in [5, 5.41) is 22.2. The Morgan fingerprint density at radius 2 is 2.00 bits per heavy atom. The SMILES string of the molecule is OCCCCNCC(O)c1ccccc1Cl. The maximum absolute atomic E-state index is 9.86. The minimum atomic E-state index is -0.581. The summed E-state index contributed by atoms with van der Waals surface area (Å²) in [7, 11) is 0. The van der Waals surface area contributed by atoms with Crippen LogP contribution in [0.2, 0.25) is 5.02 Å². The van der Waals surface area contributed by atoms with E-state index < -0.39 is 6.10 Å². The van der Waals surface area contributed by atoms with Gasteiger partial charge in [0.1, 0.15) is 0 Å². The van der Waals surface area contributed by atoms with E-state index in [-0.39, 0.29) is 6.61 Å². The molecule has 0 fully saturated rings. The van der Waals surface area contributed by atoms with Gasteiger partial charge >= 0.3 is 0 Å². The van der Waals surface area contributed by atoms with Gasteiger partial charge in [-0.05, 0) is 25.5 Å². The van der Waals surface area contributed by atoms with Gasteiger partial charge in [-0.15, -0.1) is 0 Å². The minimum Gasteiger partial charge on any atom is -0.396 e. The lowest BCUT2D eigenvalue weighted by molar-refractivity contribution is 0.174. The lowest BCUT2D eigenvalue weighted by atomic mass is 10.1. The molecule has 90 valence electrons. The molecular weight excluding hydrogens is 226 g/mol. The van der Waals surface area contributed by atoms with Crippen molar-refractivity contribution in [3.05, 3.63) is 34.9 Å². The van der Waals surface area contributed by atoms with Crippen molar-refractivity contribution in [2.24, 2.45) is 0 Å². The van der Waals surface area contributed by atoms with Crippen molar-refractivity contribution >= 4 is 11.6 Å². The first kappa shape index (κ1) is 13.5. The fraction of sp³-hybridized carbons (Fsp3) is 0.500. The normalized spacial score (nSPS) is 12.7. The van der Waals surface area contributed by atoms with E-state index in [1.54, 1.807) is 6.07 Å². The summed E-state index contributed by atoms with van der Waals surface area (Å²) in [6, 6.07) is 7.29. The van der Waals surface area contributed by atoms with Gasteiger partial charge in [-0.1, -0.05) is 29.8 Å². The van der Waals surface area contributed by atoms with E-state index in [0.717, 1.165) is 24.9 Å². The average molecular weight is 244 g/mol. The Hall–Kier alpha value is -0.610. The molecule has 0 spiro atoms. The summed E-state index contributed by atoms with van der Waals surface area (Å²) in [6.45, 7) is 1.49. The fourth-order valence-corrected chi connectivity index (χ4v) is 1.72. The van der Waals surface area contributed by atoms with Crippen molar-refractivity contribution in [3.8, 4) is 0 Å². The Kier molecular flexibility index (Phi) is 6.42. The van der Waals surface area contributed by atoms with Crippen LogP contribution in [-0.2, 0) is 0 Å². The van der Waals surface area contributed by atoms with E-state index in [1.165, 1.54) is 0 Å². The van der Waals surface area contributed by atoms with Crippen LogP contribution < -0.4 is 5.32 Å². The van der Waals surface area contributed by atoms with Gasteiger partial charge in [0.2, 0.25) is 0 Å². The molecule has 3 nitrogen and oxygen atoms in total.